The number of carbonyl (C=O) groups is 1. The molecule has 0 saturated carbocycles. The molecule has 0 spiro atoms. The summed E-state index contributed by atoms with van der Waals surface area (Å²) in [6, 6.07) is 8.40. The maximum absolute atomic E-state index is 12.5. The van der Waals surface area contributed by atoms with E-state index in [-0.39, 0.29) is 5.91 Å². The molecule has 22 heavy (non-hydrogen) atoms. The van der Waals surface area contributed by atoms with Gasteiger partial charge in [0.15, 0.2) is 0 Å². The molecule has 1 aliphatic heterocycles. The van der Waals surface area contributed by atoms with E-state index in [0.29, 0.717) is 6.04 Å². The minimum Gasteiger partial charge on any atom is -0.372 e. The molecular formula is C18H29N3O. The Morgan fingerprint density at radius 1 is 1.27 bits per heavy atom. The number of amides is 1. The molecule has 4 nitrogen and oxygen atoms in total. The number of hydrogen-bond acceptors (Lipinski definition) is 3. The highest BCUT2D eigenvalue weighted by Crippen LogP contribution is 2.18. The third kappa shape index (κ3) is 4.01. The molecule has 1 N–H and O–H groups in total. The van der Waals surface area contributed by atoms with Crippen molar-refractivity contribution in [3.8, 4) is 0 Å². The Hall–Kier alpha value is -1.55. The van der Waals surface area contributed by atoms with Crippen molar-refractivity contribution < 1.29 is 4.79 Å². The lowest BCUT2D eigenvalue weighted by molar-refractivity contribution is 0.0744. The van der Waals surface area contributed by atoms with Crippen molar-refractivity contribution in [2.75, 3.05) is 38.1 Å². The van der Waals surface area contributed by atoms with Crippen LogP contribution < -0.4 is 10.2 Å². The highest BCUT2D eigenvalue weighted by Gasteiger charge is 2.23. The zero-order valence-electron chi connectivity index (χ0n) is 14.1. The van der Waals surface area contributed by atoms with Crippen LogP contribution in [0.1, 0.15) is 43.5 Å². The Morgan fingerprint density at radius 2 is 2.00 bits per heavy atom. The molecular weight excluding hydrogens is 274 g/mol. The Morgan fingerprint density at radius 3 is 2.55 bits per heavy atom. The van der Waals surface area contributed by atoms with Crippen LogP contribution >= 0.6 is 0 Å². The number of hydrogen-bond donors (Lipinski definition) is 1. The average Bonchev–Trinajstić information content (AvgIpc) is 3.09. The predicted molar refractivity (Wildman–Crippen MR) is 92.6 cm³/mol. The fraction of sp³-hybridized carbons (Fsp3) is 0.611. The molecule has 4 heteroatoms. The highest BCUT2D eigenvalue weighted by atomic mass is 16.2. The van der Waals surface area contributed by atoms with Gasteiger partial charge in [0, 0.05) is 44.0 Å². The van der Waals surface area contributed by atoms with Crippen LogP contribution in [-0.4, -0.2) is 50.1 Å². The summed E-state index contributed by atoms with van der Waals surface area (Å²) >= 11 is 0. The lowest BCUT2D eigenvalue weighted by atomic mass is 10.1. The Bertz CT molecular complexity index is 466. The van der Waals surface area contributed by atoms with Crippen LogP contribution in [0.2, 0.25) is 0 Å². The van der Waals surface area contributed by atoms with Crippen LogP contribution in [0.15, 0.2) is 24.3 Å². The van der Waals surface area contributed by atoms with E-state index in [4.69, 9.17) is 0 Å². The van der Waals surface area contributed by atoms with Gasteiger partial charge in [-0.25, -0.2) is 0 Å². The molecule has 1 atom stereocenters. The zero-order chi connectivity index (χ0) is 15.9. The first kappa shape index (κ1) is 16.8. The van der Waals surface area contributed by atoms with Crippen molar-refractivity contribution in [2.45, 2.75) is 39.2 Å². The number of anilines is 1. The van der Waals surface area contributed by atoms with E-state index < -0.39 is 0 Å². The van der Waals surface area contributed by atoms with Gasteiger partial charge in [-0.2, -0.15) is 0 Å². The quantitative estimate of drug-likeness (QED) is 0.841. The standard InChI is InChI=1S/C18H29N3O/c1-4-6-13-21(5-2)16-9-7-15(8-10-16)18(22)20(3)17-11-12-19-14-17/h7-10,17,19H,4-6,11-14H2,1-3H3. The fourth-order valence-corrected chi connectivity index (χ4v) is 2.97. The van der Waals surface area contributed by atoms with Gasteiger partial charge in [-0.3, -0.25) is 4.79 Å². The molecule has 122 valence electrons. The van der Waals surface area contributed by atoms with Crippen LogP contribution in [0.4, 0.5) is 5.69 Å². The van der Waals surface area contributed by atoms with Crippen molar-refractivity contribution in [1.29, 1.82) is 0 Å². The monoisotopic (exact) mass is 303 g/mol. The number of nitrogens with one attached hydrogen (secondary N) is 1. The van der Waals surface area contributed by atoms with Gasteiger partial charge in [-0.1, -0.05) is 13.3 Å². The molecule has 1 unspecified atom stereocenters. The van der Waals surface area contributed by atoms with Crippen molar-refractivity contribution in [3.05, 3.63) is 29.8 Å². The lowest BCUT2D eigenvalue weighted by Gasteiger charge is -2.25. The van der Waals surface area contributed by atoms with E-state index in [1.54, 1.807) is 0 Å². The number of unbranched alkanes of at least 4 members (excludes halogenated alkanes) is 1. The third-order valence-electron chi connectivity index (χ3n) is 4.55. The van der Waals surface area contributed by atoms with E-state index in [1.807, 2.05) is 24.1 Å². The van der Waals surface area contributed by atoms with Gasteiger partial charge in [-0.05, 0) is 50.6 Å². The molecule has 0 radical (unpaired) electrons. The minimum atomic E-state index is 0.122. The number of benzene rings is 1. The van der Waals surface area contributed by atoms with Crippen LogP contribution in [0.3, 0.4) is 0 Å². The van der Waals surface area contributed by atoms with Gasteiger partial charge in [0.25, 0.3) is 5.91 Å². The van der Waals surface area contributed by atoms with Gasteiger partial charge >= 0.3 is 0 Å². The van der Waals surface area contributed by atoms with E-state index in [1.165, 1.54) is 18.5 Å². The van der Waals surface area contributed by atoms with E-state index in [9.17, 15) is 4.79 Å². The predicted octanol–water partition coefficient (Wildman–Crippen LogP) is 2.75. The Balaban J connectivity index is 2.02. The van der Waals surface area contributed by atoms with Crippen LogP contribution in [-0.2, 0) is 0 Å². The molecule has 1 aromatic rings. The highest BCUT2D eigenvalue weighted by molar-refractivity contribution is 5.94. The summed E-state index contributed by atoms with van der Waals surface area (Å²) in [5, 5.41) is 3.31. The molecule has 1 aliphatic rings. The number of rotatable bonds is 7. The molecule has 1 aromatic carbocycles. The van der Waals surface area contributed by atoms with Gasteiger partial charge in [0.2, 0.25) is 0 Å². The summed E-state index contributed by atoms with van der Waals surface area (Å²) in [7, 11) is 1.91. The molecule has 1 heterocycles. The fourth-order valence-electron chi connectivity index (χ4n) is 2.97. The van der Waals surface area contributed by atoms with Crippen LogP contribution in [0.5, 0.6) is 0 Å². The van der Waals surface area contributed by atoms with Crippen molar-refractivity contribution in [1.82, 2.24) is 10.2 Å². The zero-order valence-corrected chi connectivity index (χ0v) is 14.1. The first-order valence-electron chi connectivity index (χ1n) is 8.50. The number of nitrogens with zero attached hydrogens (tertiary/aromatic N) is 2. The summed E-state index contributed by atoms with van der Waals surface area (Å²) in [5.41, 5.74) is 1.99. The minimum absolute atomic E-state index is 0.122. The van der Waals surface area contributed by atoms with Crippen LogP contribution in [0.25, 0.3) is 0 Å². The van der Waals surface area contributed by atoms with Gasteiger partial charge < -0.3 is 15.1 Å². The van der Waals surface area contributed by atoms with Crippen LogP contribution in [0, 0.1) is 0 Å². The van der Waals surface area contributed by atoms with Crippen molar-refractivity contribution in [2.24, 2.45) is 0 Å². The van der Waals surface area contributed by atoms with E-state index >= 15 is 0 Å². The molecule has 0 aliphatic carbocycles. The molecule has 1 amide bonds. The van der Waals surface area contributed by atoms with Crippen molar-refractivity contribution in [3.63, 3.8) is 0 Å². The second kappa shape index (κ2) is 8.18. The lowest BCUT2D eigenvalue weighted by Crippen LogP contribution is -2.38. The molecule has 0 bridgehead atoms. The largest absolute Gasteiger partial charge is 0.372 e. The van der Waals surface area contributed by atoms with Crippen molar-refractivity contribution >= 4 is 11.6 Å². The normalized spacial score (nSPS) is 17.5. The first-order chi connectivity index (χ1) is 10.7. The van der Waals surface area contributed by atoms with Gasteiger partial charge in [0.1, 0.15) is 0 Å². The number of carbonyl (C=O) groups excluding carboxylic acids is 1. The molecule has 2 rings (SSSR count). The summed E-state index contributed by atoms with van der Waals surface area (Å²) in [6.45, 7) is 8.37. The topological polar surface area (TPSA) is 35.6 Å². The average molecular weight is 303 g/mol. The SMILES string of the molecule is CCCCN(CC)c1ccc(C(=O)N(C)C2CCNC2)cc1. The summed E-state index contributed by atoms with van der Waals surface area (Å²) < 4.78 is 0. The summed E-state index contributed by atoms with van der Waals surface area (Å²) in [5.74, 6) is 0.122. The Labute approximate surface area is 134 Å². The second-order valence-electron chi connectivity index (χ2n) is 6.04. The van der Waals surface area contributed by atoms with E-state index in [2.05, 4.69) is 36.2 Å². The second-order valence-corrected chi connectivity index (χ2v) is 6.04. The summed E-state index contributed by atoms with van der Waals surface area (Å²) in [6.07, 6.45) is 3.44. The molecule has 1 saturated heterocycles. The Kier molecular flexibility index (Phi) is 6.25. The first-order valence-corrected chi connectivity index (χ1v) is 8.50. The molecule has 0 aromatic heterocycles. The van der Waals surface area contributed by atoms with E-state index in [0.717, 1.165) is 38.2 Å². The van der Waals surface area contributed by atoms with Gasteiger partial charge in [0.05, 0.1) is 0 Å². The smallest absolute Gasteiger partial charge is 0.253 e. The molecule has 1 fully saturated rings. The maximum atomic E-state index is 12.5. The van der Waals surface area contributed by atoms with Gasteiger partial charge in [-0.15, -0.1) is 0 Å². The third-order valence-corrected chi connectivity index (χ3v) is 4.55. The maximum Gasteiger partial charge on any atom is 0.253 e. The summed E-state index contributed by atoms with van der Waals surface area (Å²) in [4.78, 5) is 16.8. The number of likely N-dealkylation sites (N-methyl/N-ethyl adjacent to an activating group) is 1.